The van der Waals surface area contributed by atoms with Crippen molar-refractivity contribution in [3.05, 3.63) is 5.89 Å². The van der Waals surface area contributed by atoms with Crippen molar-refractivity contribution in [3.8, 4) is 0 Å². The van der Waals surface area contributed by atoms with Crippen molar-refractivity contribution in [3.63, 3.8) is 0 Å². The third-order valence-electron chi connectivity index (χ3n) is 2.58. The summed E-state index contributed by atoms with van der Waals surface area (Å²) in [5.74, 6) is 1.39. The van der Waals surface area contributed by atoms with Crippen molar-refractivity contribution < 1.29 is 4.42 Å². The molecule has 0 fully saturated rings. The minimum absolute atomic E-state index is 0.372. The first kappa shape index (κ1) is 14.0. The number of aromatic nitrogens is 2. The highest BCUT2D eigenvalue weighted by molar-refractivity contribution is 5.18. The van der Waals surface area contributed by atoms with Gasteiger partial charge in [0.05, 0.1) is 6.54 Å². The number of anilines is 1. The molecule has 1 heterocycles. The predicted molar refractivity (Wildman–Crippen MR) is 68.8 cm³/mol. The molecule has 1 unspecified atom stereocenters. The minimum atomic E-state index is 0.372. The van der Waals surface area contributed by atoms with Crippen LogP contribution in [-0.4, -0.2) is 23.3 Å². The van der Waals surface area contributed by atoms with Gasteiger partial charge in [0.1, 0.15) is 0 Å². The van der Waals surface area contributed by atoms with E-state index in [1.54, 1.807) is 0 Å². The Morgan fingerprint density at radius 1 is 1.18 bits per heavy atom. The standard InChI is InChI=1S/C12H24N4O/c1-9(2)6-5-7-10(3)14-12-16-15-11(17-12)8-13-4/h9-10,13H,5-8H2,1-4H3,(H,14,16). The van der Waals surface area contributed by atoms with E-state index in [0.717, 1.165) is 12.3 Å². The smallest absolute Gasteiger partial charge is 0.315 e. The van der Waals surface area contributed by atoms with Crippen LogP contribution in [0, 0.1) is 5.92 Å². The van der Waals surface area contributed by atoms with Crippen molar-refractivity contribution in [2.45, 2.75) is 52.6 Å². The molecule has 0 saturated carbocycles. The van der Waals surface area contributed by atoms with E-state index in [-0.39, 0.29) is 0 Å². The van der Waals surface area contributed by atoms with E-state index in [0.29, 0.717) is 24.5 Å². The monoisotopic (exact) mass is 240 g/mol. The quantitative estimate of drug-likeness (QED) is 0.730. The Kier molecular flexibility index (Phi) is 5.97. The maximum absolute atomic E-state index is 5.43. The summed E-state index contributed by atoms with van der Waals surface area (Å²) >= 11 is 0. The summed E-state index contributed by atoms with van der Waals surface area (Å²) in [6.07, 6.45) is 3.62. The van der Waals surface area contributed by atoms with Crippen molar-refractivity contribution in [2.24, 2.45) is 5.92 Å². The third-order valence-corrected chi connectivity index (χ3v) is 2.58. The minimum Gasteiger partial charge on any atom is -0.407 e. The van der Waals surface area contributed by atoms with E-state index in [1.807, 2.05) is 7.05 Å². The Morgan fingerprint density at radius 2 is 1.94 bits per heavy atom. The zero-order valence-electron chi connectivity index (χ0n) is 11.3. The van der Waals surface area contributed by atoms with Gasteiger partial charge < -0.3 is 15.1 Å². The molecule has 17 heavy (non-hydrogen) atoms. The molecule has 5 heteroatoms. The molecule has 2 N–H and O–H groups in total. The highest BCUT2D eigenvalue weighted by atomic mass is 16.4. The highest BCUT2D eigenvalue weighted by Gasteiger charge is 2.08. The van der Waals surface area contributed by atoms with Gasteiger partial charge in [-0.1, -0.05) is 31.8 Å². The molecular formula is C12H24N4O. The topological polar surface area (TPSA) is 63.0 Å². The number of nitrogens with zero attached hydrogens (tertiary/aromatic N) is 2. The van der Waals surface area contributed by atoms with Crippen LogP contribution in [0.3, 0.4) is 0 Å². The van der Waals surface area contributed by atoms with Crippen LogP contribution in [0.4, 0.5) is 6.01 Å². The molecule has 0 aliphatic rings. The first-order chi connectivity index (χ1) is 8.11. The number of hydrogen-bond acceptors (Lipinski definition) is 5. The average molecular weight is 240 g/mol. The van der Waals surface area contributed by atoms with Gasteiger partial charge in [0.15, 0.2) is 0 Å². The first-order valence-corrected chi connectivity index (χ1v) is 6.35. The predicted octanol–water partition coefficient (Wildman–Crippen LogP) is 2.42. The molecule has 0 bridgehead atoms. The van der Waals surface area contributed by atoms with E-state index in [9.17, 15) is 0 Å². The fourth-order valence-electron chi connectivity index (χ4n) is 1.65. The van der Waals surface area contributed by atoms with Crippen LogP contribution in [0.2, 0.25) is 0 Å². The molecule has 0 aromatic carbocycles. The normalized spacial score (nSPS) is 13.0. The van der Waals surface area contributed by atoms with Gasteiger partial charge in [-0.25, -0.2) is 0 Å². The SMILES string of the molecule is CNCc1nnc(NC(C)CCCC(C)C)o1. The lowest BCUT2D eigenvalue weighted by Crippen LogP contribution is -2.15. The summed E-state index contributed by atoms with van der Waals surface area (Å²) in [4.78, 5) is 0. The second-order valence-electron chi connectivity index (χ2n) is 4.90. The zero-order valence-corrected chi connectivity index (χ0v) is 11.3. The molecule has 1 atom stereocenters. The van der Waals surface area contributed by atoms with Crippen molar-refractivity contribution in [2.75, 3.05) is 12.4 Å². The molecule has 0 radical (unpaired) electrons. The molecule has 0 amide bonds. The maximum Gasteiger partial charge on any atom is 0.315 e. The van der Waals surface area contributed by atoms with Crippen LogP contribution in [-0.2, 0) is 6.54 Å². The van der Waals surface area contributed by atoms with Crippen molar-refractivity contribution in [1.82, 2.24) is 15.5 Å². The van der Waals surface area contributed by atoms with Crippen molar-refractivity contribution >= 4 is 6.01 Å². The molecule has 0 saturated heterocycles. The Hall–Kier alpha value is -1.10. The van der Waals surface area contributed by atoms with E-state index in [2.05, 4.69) is 41.6 Å². The summed E-state index contributed by atoms with van der Waals surface area (Å²) in [7, 11) is 1.85. The number of nitrogens with one attached hydrogen (secondary N) is 2. The summed E-state index contributed by atoms with van der Waals surface area (Å²) in [5.41, 5.74) is 0. The molecular weight excluding hydrogens is 216 g/mol. The Bertz CT molecular complexity index is 311. The highest BCUT2D eigenvalue weighted by Crippen LogP contribution is 2.12. The fraction of sp³-hybridized carbons (Fsp3) is 0.833. The van der Waals surface area contributed by atoms with Crippen molar-refractivity contribution in [1.29, 1.82) is 0 Å². The second kappa shape index (κ2) is 7.27. The molecule has 98 valence electrons. The van der Waals surface area contributed by atoms with Crippen LogP contribution in [0.1, 0.15) is 45.9 Å². The van der Waals surface area contributed by atoms with E-state index in [1.165, 1.54) is 12.8 Å². The van der Waals surface area contributed by atoms with E-state index >= 15 is 0 Å². The van der Waals surface area contributed by atoms with Gasteiger partial charge in [0.25, 0.3) is 0 Å². The van der Waals surface area contributed by atoms with Gasteiger partial charge in [-0.15, -0.1) is 5.10 Å². The fourth-order valence-corrected chi connectivity index (χ4v) is 1.65. The van der Waals surface area contributed by atoms with E-state index < -0.39 is 0 Å². The van der Waals surface area contributed by atoms with Gasteiger partial charge in [0.2, 0.25) is 5.89 Å². The van der Waals surface area contributed by atoms with Gasteiger partial charge >= 0.3 is 6.01 Å². The molecule has 1 rings (SSSR count). The summed E-state index contributed by atoms with van der Waals surface area (Å²) in [6, 6.07) is 0.893. The van der Waals surface area contributed by atoms with E-state index in [4.69, 9.17) is 4.42 Å². The van der Waals surface area contributed by atoms with Gasteiger partial charge in [0, 0.05) is 6.04 Å². The van der Waals surface area contributed by atoms with Crippen LogP contribution < -0.4 is 10.6 Å². The van der Waals surface area contributed by atoms with Crippen LogP contribution in [0.5, 0.6) is 0 Å². The van der Waals surface area contributed by atoms with Crippen LogP contribution in [0.25, 0.3) is 0 Å². The van der Waals surface area contributed by atoms with Gasteiger partial charge in [-0.2, -0.15) is 0 Å². The lowest BCUT2D eigenvalue weighted by Gasteiger charge is -2.12. The Labute approximate surface area is 103 Å². The summed E-state index contributed by atoms with van der Waals surface area (Å²) in [6.45, 7) is 7.25. The number of rotatable bonds is 8. The largest absolute Gasteiger partial charge is 0.407 e. The molecule has 0 aliphatic carbocycles. The maximum atomic E-state index is 5.43. The first-order valence-electron chi connectivity index (χ1n) is 6.35. The lowest BCUT2D eigenvalue weighted by molar-refractivity contribution is 0.476. The zero-order chi connectivity index (χ0) is 12.7. The van der Waals surface area contributed by atoms with Crippen LogP contribution >= 0.6 is 0 Å². The Morgan fingerprint density at radius 3 is 2.59 bits per heavy atom. The average Bonchev–Trinajstić information content (AvgIpc) is 2.65. The molecule has 5 nitrogen and oxygen atoms in total. The van der Waals surface area contributed by atoms with Gasteiger partial charge in [-0.05, 0) is 26.3 Å². The molecule has 0 spiro atoms. The molecule has 0 aliphatic heterocycles. The summed E-state index contributed by atoms with van der Waals surface area (Å²) < 4.78 is 5.43. The third kappa shape index (κ3) is 5.68. The summed E-state index contributed by atoms with van der Waals surface area (Å²) in [5, 5.41) is 14.1. The number of hydrogen-bond donors (Lipinski definition) is 2. The second-order valence-corrected chi connectivity index (χ2v) is 4.90. The Balaban J connectivity index is 2.26. The van der Waals surface area contributed by atoms with Crippen LogP contribution in [0.15, 0.2) is 4.42 Å². The lowest BCUT2D eigenvalue weighted by atomic mass is 10.0. The molecule has 1 aromatic heterocycles. The van der Waals surface area contributed by atoms with Gasteiger partial charge in [-0.3, -0.25) is 0 Å². The molecule has 1 aromatic rings.